The smallest absolute Gasteiger partial charge is 0.251 e. The van der Waals surface area contributed by atoms with Crippen molar-refractivity contribution in [1.82, 2.24) is 10.3 Å². The lowest BCUT2D eigenvalue weighted by Gasteiger charge is -2.05. The molecule has 1 N–H and O–H groups in total. The zero-order valence-electron chi connectivity index (χ0n) is 9.86. The molecule has 0 saturated carbocycles. The third-order valence-corrected chi connectivity index (χ3v) is 2.49. The van der Waals surface area contributed by atoms with E-state index in [-0.39, 0.29) is 5.91 Å². The molecule has 0 bridgehead atoms. The molecule has 0 saturated heterocycles. The number of carbonyl (C=O) groups is 1. The molecule has 0 unspecified atom stereocenters. The van der Waals surface area contributed by atoms with Gasteiger partial charge in [0.2, 0.25) is 0 Å². The average molecular weight is 230 g/mol. The van der Waals surface area contributed by atoms with Gasteiger partial charge in [-0.05, 0) is 18.6 Å². The monoisotopic (exact) mass is 230 g/mol. The van der Waals surface area contributed by atoms with Gasteiger partial charge >= 0.3 is 0 Å². The molecular formula is C13H14N2O2. The van der Waals surface area contributed by atoms with E-state index in [1.54, 1.807) is 19.3 Å². The third kappa shape index (κ3) is 2.72. The number of nitrogens with zero attached hydrogens (tertiary/aromatic N) is 1. The standard InChI is InChI=1S/C13H14N2O2/c1-9-5-3-4-6-12(9)13(16)14-7-11-8-17-10(2)15-11/h3-6,8H,7H2,1-2H3,(H,14,16). The number of hydrogen-bond acceptors (Lipinski definition) is 3. The Morgan fingerprint density at radius 3 is 2.76 bits per heavy atom. The normalized spacial score (nSPS) is 10.2. The molecule has 4 heteroatoms. The number of rotatable bonds is 3. The van der Waals surface area contributed by atoms with Crippen molar-refractivity contribution in [2.45, 2.75) is 20.4 Å². The van der Waals surface area contributed by atoms with Crippen molar-refractivity contribution in [3.8, 4) is 0 Å². The zero-order chi connectivity index (χ0) is 12.3. The number of carbonyl (C=O) groups excluding carboxylic acids is 1. The molecule has 1 heterocycles. The van der Waals surface area contributed by atoms with E-state index in [1.165, 1.54) is 0 Å². The lowest BCUT2D eigenvalue weighted by molar-refractivity contribution is 0.0950. The summed E-state index contributed by atoms with van der Waals surface area (Å²) >= 11 is 0. The van der Waals surface area contributed by atoms with Crippen LogP contribution in [0.5, 0.6) is 0 Å². The van der Waals surface area contributed by atoms with Crippen molar-refractivity contribution in [2.24, 2.45) is 0 Å². The summed E-state index contributed by atoms with van der Waals surface area (Å²) in [6, 6.07) is 7.48. The Bertz CT molecular complexity index is 532. The van der Waals surface area contributed by atoms with Gasteiger partial charge < -0.3 is 9.73 Å². The fourth-order valence-corrected chi connectivity index (χ4v) is 1.58. The molecule has 0 atom stereocenters. The fraction of sp³-hybridized carbons (Fsp3) is 0.231. The second kappa shape index (κ2) is 4.82. The topological polar surface area (TPSA) is 55.1 Å². The van der Waals surface area contributed by atoms with E-state index in [0.717, 1.165) is 11.3 Å². The summed E-state index contributed by atoms with van der Waals surface area (Å²) in [4.78, 5) is 16.0. The van der Waals surface area contributed by atoms with Crippen LogP contribution in [0.15, 0.2) is 34.9 Å². The van der Waals surface area contributed by atoms with Gasteiger partial charge in [-0.25, -0.2) is 4.98 Å². The summed E-state index contributed by atoms with van der Waals surface area (Å²) in [6.45, 7) is 4.06. The van der Waals surface area contributed by atoms with Gasteiger partial charge in [-0.3, -0.25) is 4.79 Å². The van der Waals surface area contributed by atoms with E-state index in [1.807, 2.05) is 25.1 Å². The Morgan fingerprint density at radius 1 is 1.35 bits per heavy atom. The van der Waals surface area contributed by atoms with E-state index >= 15 is 0 Å². The van der Waals surface area contributed by atoms with Gasteiger partial charge in [-0.2, -0.15) is 0 Å². The number of hydrogen-bond donors (Lipinski definition) is 1. The molecule has 1 aromatic heterocycles. The Labute approximate surface area is 99.7 Å². The van der Waals surface area contributed by atoms with Gasteiger partial charge in [0.25, 0.3) is 5.91 Å². The van der Waals surface area contributed by atoms with E-state index in [4.69, 9.17) is 4.42 Å². The molecule has 4 nitrogen and oxygen atoms in total. The number of aryl methyl sites for hydroxylation is 2. The first kappa shape index (κ1) is 11.4. The Balaban J connectivity index is 2.01. The molecule has 0 aliphatic carbocycles. The van der Waals surface area contributed by atoms with Crippen LogP contribution in [0.25, 0.3) is 0 Å². The Hall–Kier alpha value is -2.10. The van der Waals surface area contributed by atoms with Crippen LogP contribution in [-0.2, 0) is 6.54 Å². The number of amides is 1. The van der Waals surface area contributed by atoms with Crippen LogP contribution in [0, 0.1) is 13.8 Å². The first-order chi connectivity index (χ1) is 8.16. The lowest BCUT2D eigenvalue weighted by Crippen LogP contribution is -2.23. The minimum absolute atomic E-state index is 0.0937. The van der Waals surface area contributed by atoms with Crippen LogP contribution in [-0.4, -0.2) is 10.9 Å². The SMILES string of the molecule is Cc1nc(CNC(=O)c2ccccc2C)co1. The molecular weight excluding hydrogens is 216 g/mol. The van der Waals surface area contributed by atoms with Crippen LogP contribution in [0.2, 0.25) is 0 Å². The van der Waals surface area contributed by atoms with Gasteiger partial charge in [-0.1, -0.05) is 18.2 Å². The van der Waals surface area contributed by atoms with E-state index in [2.05, 4.69) is 10.3 Å². The highest BCUT2D eigenvalue weighted by atomic mass is 16.3. The number of nitrogens with one attached hydrogen (secondary N) is 1. The molecule has 0 spiro atoms. The maximum Gasteiger partial charge on any atom is 0.251 e. The molecule has 0 aliphatic rings. The van der Waals surface area contributed by atoms with Crippen LogP contribution in [0.4, 0.5) is 0 Å². The van der Waals surface area contributed by atoms with Gasteiger partial charge in [-0.15, -0.1) is 0 Å². The van der Waals surface area contributed by atoms with Crippen molar-refractivity contribution in [3.05, 3.63) is 53.2 Å². The Kier molecular flexibility index (Phi) is 3.23. The van der Waals surface area contributed by atoms with Crippen LogP contribution in [0.1, 0.15) is 27.5 Å². The van der Waals surface area contributed by atoms with Crippen LogP contribution < -0.4 is 5.32 Å². The summed E-state index contributed by atoms with van der Waals surface area (Å²) in [5.41, 5.74) is 2.37. The van der Waals surface area contributed by atoms with E-state index in [0.29, 0.717) is 18.0 Å². The van der Waals surface area contributed by atoms with Gasteiger partial charge in [0.15, 0.2) is 5.89 Å². The highest BCUT2D eigenvalue weighted by Crippen LogP contribution is 2.07. The second-order valence-corrected chi connectivity index (χ2v) is 3.86. The second-order valence-electron chi connectivity index (χ2n) is 3.86. The fourth-order valence-electron chi connectivity index (χ4n) is 1.58. The number of oxazole rings is 1. The molecule has 1 amide bonds. The largest absolute Gasteiger partial charge is 0.449 e. The third-order valence-electron chi connectivity index (χ3n) is 2.49. The predicted octanol–water partition coefficient (Wildman–Crippen LogP) is 2.22. The maximum absolute atomic E-state index is 11.9. The van der Waals surface area contributed by atoms with E-state index < -0.39 is 0 Å². The molecule has 1 aromatic carbocycles. The van der Waals surface area contributed by atoms with Crippen molar-refractivity contribution in [3.63, 3.8) is 0 Å². The molecule has 0 fully saturated rings. The van der Waals surface area contributed by atoms with E-state index in [9.17, 15) is 4.79 Å². The quantitative estimate of drug-likeness (QED) is 0.879. The van der Waals surface area contributed by atoms with Gasteiger partial charge in [0.1, 0.15) is 6.26 Å². The Morgan fingerprint density at radius 2 is 2.12 bits per heavy atom. The summed E-state index contributed by atoms with van der Waals surface area (Å²) in [5.74, 6) is 0.508. The molecule has 2 rings (SSSR count). The van der Waals surface area contributed by atoms with Crippen LogP contribution in [0.3, 0.4) is 0 Å². The molecule has 0 aliphatic heterocycles. The van der Waals surface area contributed by atoms with Crippen LogP contribution >= 0.6 is 0 Å². The van der Waals surface area contributed by atoms with Crippen molar-refractivity contribution in [2.75, 3.05) is 0 Å². The minimum Gasteiger partial charge on any atom is -0.449 e. The molecule has 0 radical (unpaired) electrons. The highest BCUT2D eigenvalue weighted by Gasteiger charge is 2.08. The number of benzene rings is 1. The predicted molar refractivity (Wildman–Crippen MR) is 63.6 cm³/mol. The van der Waals surface area contributed by atoms with Crippen molar-refractivity contribution in [1.29, 1.82) is 0 Å². The minimum atomic E-state index is -0.0937. The zero-order valence-corrected chi connectivity index (χ0v) is 9.86. The summed E-state index contributed by atoms with van der Waals surface area (Å²) < 4.78 is 5.06. The number of aromatic nitrogens is 1. The summed E-state index contributed by atoms with van der Waals surface area (Å²) in [7, 11) is 0. The molecule has 2 aromatic rings. The maximum atomic E-state index is 11.9. The molecule has 88 valence electrons. The lowest BCUT2D eigenvalue weighted by atomic mass is 10.1. The van der Waals surface area contributed by atoms with Gasteiger partial charge in [0.05, 0.1) is 12.2 Å². The molecule has 17 heavy (non-hydrogen) atoms. The average Bonchev–Trinajstić information content (AvgIpc) is 2.73. The van der Waals surface area contributed by atoms with Crippen molar-refractivity contribution >= 4 is 5.91 Å². The summed E-state index contributed by atoms with van der Waals surface area (Å²) in [5, 5.41) is 2.81. The first-order valence-corrected chi connectivity index (χ1v) is 5.41. The van der Waals surface area contributed by atoms with Crippen molar-refractivity contribution < 1.29 is 9.21 Å². The first-order valence-electron chi connectivity index (χ1n) is 5.41. The van der Waals surface area contributed by atoms with Gasteiger partial charge in [0, 0.05) is 12.5 Å². The summed E-state index contributed by atoms with van der Waals surface area (Å²) in [6.07, 6.45) is 1.55. The highest BCUT2D eigenvalue weighted by molar-refractivity contribution is 5.95.